The molecule has 21 heavy (non-hydrogen) atoms. The molecule has 4 nitrogen and oxygen atoms in total. The van der Waals surface area contributed by atoms with Crippen LogP contribution in [0.4, 0.5) is 5.69 Å². The van der Waals surface area contributed by atoms with E-state index >= 15 is 0 Å². The zero-order chi connectivity index (χ0) is 14.9. The molecule has 0 amide bonds. The van der Waals surface area contributed by atoms with Crippen molar-refractivity contribution in [2.45, 2.75) is 26.3 Å². The zero-order valence-corrected chi connectivity index (χ0v) is 13.2. The lowest BCUT2D eigenvalue weighted by molar-refractivity contribution is 0.204. The number of hydrogen-bond acceptors (Lipinski definition) is 4. The molecular formula is C17H29N3O. The normalized spacial score (nSPS) is 17.0. The molecule has 0 unspecified atom stereocenters. The van der Waals surface area contributed by atoms with Crippen molar-refractivity contribution in [2.24, 2.45) is 0 Å². The summed E-state index contributed by atoms with van der Waals surface area (Å²) in [5.41, 5.74) is 2.67. The molecule has 0 aromatic heterocycles. The molecule has 1 fully saturated rings. The summed E-state index contributed by atoms with van der Waals surface area (Å²) in [7, 11) is 0. The lowest BCUT2D eigenvalue weighted by Crippen LogP contribution is -2.32. The second kappa shape index (κ2) is 9.03. The van der Waals surface area contributed by atoms with Gasteiger partial charge in [0.15, 0.2) is 0 Å². The molecule has 4 heteroatoms. The van der Waals surface area contributed by atoms with Crippen LogP contribution in [0.15, 0.2) is 24.3 Å². The summed E-state index contributed by atoms with van der Waals surface area (Å²) in [5.74, 6) is 0. The highest BCUT2D eigenvalue weighted by Crippen LogP contribution is 2.17. The van der Waals surface area contributed by atoms with Crippen molar-refractivity contribution < 1.29 is 5.11 Å². The third-order valence-electron chi connectivity index (χ3n) is 4.06. The SMILES string of the molecule is CCCNCc1ccc(N2CCCN(CCO)CC2)cc1. The van der Waals surface area contributed by atoms with Crippen LogP contribution in [0.1, 0.15) is 25.3 Å². The molecule has 0 atom stereocenters. The van der Waals surface area contributed by atoms with Crippen molar-refractivity contribution >= 4 is 5.69 Å². The Bertz CT molecular complexity index is 394. The van der Waals surface area contributed by atoms with E-state index < -0.39 is 0 Å². The predicted molar refractivity (Wildman–Crippen MR) is 88.8 cm³/mol. The van der Waals surface area contributed by atoms with Crippen LogP contribution >= 0.6 is 0 Å². The monoisotopic (exact) mass is 291 g/mol. The van der Waals surface area contributed by atoms with E-state index in [9.17, 15) is 0 Å². The molecule has 1 aromatic carbocycles. The van der Waals surface area contributed by atoms with Crippen LogP contribution < -0.4 is 10.2 Å². The maximum Gasteiger partial charge on any atom is 0.0558 e. The molecule has 0 bridgehead atoms. The minimum absolute atomic E-state index is 0.263. The number of nitrogens with one attached hydrogen (secondary N) is 1. The van der Waals surface area contributed by atoms with Crippen molar-refractivity contribution in [3.63, 3.8) is 0 Å². The number of aliphatic hydroxyl groups is 1. The molecule has 1 aromatic rings. The van der Waals surface area contributed by atoms with Crippen LogP contribution in [0.25, 0.3) is 0 Å². The third-order valence-corrected chi connectivity index (χ3v) is 4.06. The topological polar surface area (TPSA) is 38.7 Å². The van der Waals surface area contributed by atoms with E-state index in [-0.39, 0.29) is 6.61 Å². The van der Waals surface area contributed by atoms with E-state index in [1.807, 2.05) is 0 Å². The first-order chi connectivity index (χ1) is 10.3. The Labute approximate surface area is 128 Å². The highest BCUT2D eigenvalue weighted by atomic mass is 16.3. The number of nitrogens with zero attached hydrogens (tertiary/aromatic N) is 2. The van der Waals surface area contributed by atoms with Gasteiger partial charge in [-0.15, -0.1) is 0 Å². The summed E-state index contributed by atoms with van der Waals surface area (Å²) in [6, 6.07) is 8.94. The maximum atomic E-state index is 9.05. The summed E-state index contributed by atoms with van der Waals surface area (Å²) in [5, 5.41) is 12.5. The highest BCUT2D eigenvalue weighted by molar-refractivity contribution is 5.47. The fourth-order valence-corrected chi connectivity index (χ4v) is 2.83. The molecule has 1 aliphatic rings. The van der Waals surface area contributed by atoms with Gasteiger partial charge in [-0.05, 0) is 43.6 Å². The lowest BCUT2D eigenvalue weighted by atomic mass is 10.2. The Morgan fingerprint density at radius 2 is 1.90 bits per heavy atom. The van der Waals surface area contributed by atoms with Crippen molar-refractivity contribution in [3.8, 4) is 0 Å². The Hall–Kier alpha value is -1.10. The first kappa shape index (κ1) is 16.3. The summed E-state index contributed by atoms with van der Waals surface area (Å²) in [4.78, 5) is 4.81. The van der Waals surface area contributed by atoms with Crippen LogP contribution in [0.2, 0.25) is 0 Å². The second-order valence-corrected chi connectivity index (χ2v) is 5.75. The molecule has 0 spiro atoms. The fraction of sp³-hybridized carbons (Fsp3) is 0.647. The van der Waals surface area contributed by atoms with Gasteiger partial charge in [-0.25, -0.2) is 0 Å². The second-order valence-electron chi connectivity index (χ2n) is 5.75. The summed E-state index contributed by atoms with van der Waals surface area (Å²) in [6.07, 6.45) is 2.34. The number of benzene rings is 1. The van der Waals surface area contributed by atoms with Crippen LogP contribution in [0.5, 0.6) is 0 Å². The van der Waals surface area contributed by atoms with Gasteiger partial charge < -0.3 is 15.3 Å². The number of rotatable bonds is 7. The van der Waals surface area contributed by atoms with Crippen molar-refractivity contribution in [1.82, 2.24) is 10.2 Å². The number of hydrogen-bond donors (Lipinski definition) is 2. The maximum absolute atomic E-state index is 9.05. The Kier molecular flexibility index (Phi) is 7.00. The van der Waals surface area contributed by atoms with Gasteiger partial charge in [0.25, 0.3) is 0 Å². The molecule has 118 valence electrons. The van der Waals surface area contributed by atoms with Gasteiger partial charge in [0.05, 0.1) is 6.61 Å². The Morgan fingerprint density at radius 3 is 2.62 bits per heavy atom. The van der Waals surface area contributed by atoms with Gasteiger partial charge in [-0.1, -0.05) is 19.1 Å². The third kappa shape index (κ3) is 5.30. The van der Waals surface area contributed by atoms with Crippen LogP contribution in [-0.4, -0.2) is 55.9 Å². The van der Waals surface area contributed by atoms with Gasteiger partial charge >= 0.3 is 0 Å². The molecule has 2 rings (SSSR count). The Morgan fingerprint density at radius 1 is 1.10 bits per heavy atom. The quantitative estimate of drug-likeness (QED) is 0.750. The van der Waals surface area contributed by atoms with Gasteiger partial charge in [0.2, 0.25) is 0 Å². The first-order valence-electron chi connectivity index (χ1n) is 8.21. The standard InChI is InChI=1S/C17H29N3O/c1-2-8-18-15-16-4-6-17(7-5-16)20-10-3-9-19(11-12-20)13-14-21/h4-7,18,21H,2-3,8-15H2,1H3. The van der Waals surface area contributed by atoms with E-state index in [1.165, 1.54) is 24.1 Å². The van der Waals surface area contributed by atoms with E-state index in [0.717, 1.165) is 45.8 Å². The van der Waals surface area contributed by atoms with Gasteiger partial charge in [-0.2, -0.15) is 0 Å². The molecule has 0 aliphatic carbocycles. The summed E-state index contributed by atoms with van der Waals surface area (Å²) < 4.78 is 0. The molecule has 1 aliphatic heterocycles. The first-order valence-corrected chi connectivity index (χ1v) is 8.21. The zero-order valence-electron chi connectivity index (χ0n) is 13.2. The average Bonchev–Trinajstić information content (AvgIpc) is 2.74. The summed E-state index contributed by atoms with van der Waals surface area (Å²) in [6.45, 7) is 9.58. The van der Waals surface area contributed by atoms with Gasteiger partial charge in [0, 0.05) is 38.4 Å². The highest BCUT2D eigenvalue weighted by Gasteiger charge is 2.14. The molecule has 2 N–H and O–H groups in total. The summed E-state index contributed by atoms with van der Waals surface area (Å²) >= 11 is 0. The smallest absolute Gasteiger partial charge is 0.0558 e. The predicted octanol–water partition coefficient (Wildman–Crippen LogP) is 1.69. The van der Waals surface area contributed by atoms with Crippen molar-refractivity contribution in [1.29, 1.82) is 0 Å². The van der Waals surface area contributed by atoms with E-state index in [2.05, 4.69) is 46.3 Å². The van der Waals surface area contributed by atoms with Crippen molar-refractivity contribution in [2.75, 3.05) is 50.8 Å². The van der Waals surface area contributed by atoms with Crippen LogP contribution in [0.3, 0.4) is 0 Å². The Balaban J connectivity index is 1.86. The fourth-order valence-electron chi connectivity index (χ4n) is 2.83. The minimum Gasteiger partial charge on any atom is -0.395 e. The van der Waals surface area contributed by atoms with E-state index in [0.29, 0.717) is 0 Å². The largest absolute Gasteiger partial charge is 0.395 e. The molecule has 0 saturated carbocycles. The lowest BCUT2D eigenvalue weighted by Gasteiger charge is -2.23. The molecule has 1 heterocycles. The molecule has 0 radical (unpaired) electrons. The van der Waals surface area contributed by atoms with Gasteiger partial charge in [-0.3, -0.25) is 4.90 Å². The van der Waals surface area contributed by atoms with Crippen LogP contribution in [-0.2, 0) is 6.54 Å². The van der Waals surface area contributed by atoms with Crippen molar-refractivity contribution in [3.05, 3.63) is 29.8 Å². The van der Waals surface area contributed by atoms with E-state index in [4.69, 9.17) is 5.11 Å². The molecular weight excluding hydrogens is 262 g/mol. The van der Waals surface area contributed by atoms with E-state index in [1.54, 1.807) is 0 Å². The van der Waals surface area contributed by atoms with Gasteiger partial charge in [0.1, 0.15) is 0 Å². The molecule has 1 saturated heterocycles. The number of β-amino-alcohol motifs (C(OH)–C–C–N with tert-alkyl or cyclic N) is 1. The minimum atomic E-state index is 0.263. The number of aliphatic hydroxyl groups excluding tert-OH is 1. The number of anilines is 1. The van der Waals surface area contributed by atoms with Crippen LogP contribution in [0, 0.1) is 0 Å². The average molecular weight is 291 g/mol.